The molecular weight excluding hydrogens is 222 g/mol. The van der Waals surface area contributed by atoms with Crippen LogP contribution < -0.4 is 5.32 Å². The SMILES string of the molecule is CCCC(CC)(NC(=O)OC(C)(C)C)C(=O)O. The van der Waals surface area contributed by atoms with Crippen LogP contribution >= 0.6 is 0 Å². The molecule has 100 valence electrons. The predicted molar refractivity (Wildman–Crippen MR) is 64.9 cm³/mol. The van der Waals surface area contributed by atoms with Gasteiger partial charge < -0.3 is 15.2 Å². The molecule has 1 atom stereocenters. The van der Waals surface area contributed by atoms with E-state index in [0.717, 1.165) is 0 Å². The second kappa shape index (κ2) is 5.89. The highest BCUT2D eigenvalue weighted by molar-refractivity contribution is 5.84. The van der Waals surface area contributed by atoms with Gasteiger partial charge in [0.15, 0.2) is 0 Å². The van der Waals surface area contributed by atoms with Crippen molar-refractivity contribution in [3.63, 3.8) is 0 Å². The average Bonchev–Trinajstić information content (AvgIpc) is 2.13. The Hall–Kier alpha value is -1.26. The molecule has 0 aromatic carbocycles. The van der Waals surface area contributed by atoms with Crippen LogP contribution in [0.3, 0.4) is 0 Å². The molecule has 0 saturated carbocycles. The average molecular weight is 245 g/mol. The summed E-state index contributed by atoms with van der Waals surface area (Å²) in [6.45, 7) is 8.83. The Morgan fingerprint density at radius 2 is 1.76 bits per heavy atom. The molecule has 0 aromatic rings. The lowest BCUT2D eigenvalue weighted by molar-refractivity contribution is -0.145. The Kier molecular flexibility index (Phi) is 5.45. The molecule has 0 rings (SSSR count). The van der Waals surface area contributed by atoms with E-state index in [2.05, 4.69) is 5.32 Å². The minimum atomic E-state index is -1.23. The van der Waals surface area contributed by atoms with Crippen molar-refractivity contribution < 1.29 is 19.4 Å². The highest BCUT2D eigenvalue weighted by Crippen LogP contribution is 2.19. The Morgan fingerprint density at radius 3 is 2.06 bits per heavy atom. The Bertz CT molecular complexity index is 283. The second-order valence-corrected chi connectivity index (χ2v) is 5.12. The number of alkyl carbamates (subject to hydrolysis) is 1. The molecule has 0 radical (unpaired) electrons. The fourth-order valence-electron chi connectivity index (χ4n) is 1.57. The summed E-state index contributed by atoms with van der Waals surface area (Å²) in [5.41, 5.74) is -1.86. The zero-order valence-electron chi connectivity index (χ0n) is 11.3. The van der Waals surface area contributed by atoms with Crippen molar-refractivity contribution >= 4 is 12.1 Å². The number of carbonyl (C=O) groups excluding carboxylic acids is 1. The molecule has 17 heavy (non-hydrogen) atoms. The number of hydrogen-bond acceptors (Lipinski definition) is 3. The largest absolute Gasteiger partial charge is 0.480 e. The van der Waals surface area contributed by atoms with Gasteiger partial charge in [-0.2, -0.15) is 0 Å². The van der Waals surface area contributed by atoms with Crippen LogP contribution in [0, 0.1) is 0 Å². The molecule has 0 saturated heterocycles. The molecule has 0 heterocycles. The molecule has 1 amide bonds. The summed E-state index contributed by atoms with van der Waals surface area (Å²) in [7, 11) is 0. The topological polar surface area (TPSA) is 75.6 Å². The smallest absolute Gasteiger partial charge is 0.408 e. The quantitative estimate of drug-likeness (QED) is 0.780. The van der Waals surface area contributed by atoms with E-state index in [1.165, 1.54) is 0 Å². The summed E-state index contributed by atoms with van der Waals surface area (Å²) in [4.78, 5) is 22.9. The van der Waals surface area contributed by atoms with Crippen LogP contribution in [0.2, 0.25) is 0 Å². The summed E-state index contributed by atoms with van der Waals surface area (Å²) in [5.74, 6) is -1.02. The van der Waals surface area contributed by atoms with Crippen molar-refractivity contribution in [2.24, 2.45) is 0 Å². The van der Waals surface area contributed by atoms with Crippen LogP contribution in [0.1, 0.15) is 53.9 Å². The molecule has 5 nitrogen and oxygen atoms in total. The lowest BCUT2D eigenvalue weighted by atomic mass is 9.91. The minimum Gasteiger partial charge on any atom is -0.480 e. The normalized spacial score (nSPS) is 14.9. The van der Waals surface area contributed by atoms with Crippen LogP contribution in [0.25, 0.3) is 0 Å². The van der Waals surface area contributed by atoms with Gasteiger partial charge in [0, 0.05) is 0 Å². The molecule has 2 N–H and O–H groups in total. The van der Waals surface area contributed by atoms with Gasteiger partial charge in [-0.25, -0.2) is 9.59 Å². The van der Waals surface area contributed by atoms with E-state index in [1.807, 2.05) is 6.92 Å². The fraction of sp³-hybridized carbons (Fsp3) is 0.833. The van der Waals surface area contributed by atoms with Gasteiger partial charge in [-0.15, -0.1) is 0 Å². The van der Waals surface area contributed by atoms with Crippen molar-refractivity contribution in [3.05, 3.63) is 0 Å². The van der Waals surface area contributed by atoms with Crippen molar-refractivity contribution in [1.82, 2.24) is 5.32 Å². The van der Waals surface area contributed by atoms with Gasteiger partial charge in [-0.1, -0.05) is 20.3 Å². The number of aliphatic carboxylic acids is 1. The lowest BCUT2D eigenvalue weighted by Crippen LogP contribution is -2.55. The van der Waals surface area contributed by atoms with Gasteiger partial charge in [0.2, 0.25) is 0 Å². The standard InChI is InChI=1S/C12H23NO4/c1-6-8-12(7-2,9(14)15)13-10(16)17-11(3,4)5/h6-8H2,1-5H3,(H,13,16)(H,14,15). The summed E-state index contributed by atoms with van der Waals surface area (Å²) in [5, 5.41) is 11.7. The minimum absolute atomic E-state index is 0.329. The highest BCUT2D eigenvalue weighted by atomic mass is 16.6. The first kappa shape index (κ1) is 15.7. The number of amides is 1. The Balaban J connectivity index is 4.75. The molecular formula is C12H23NO4. The van der Waals surface area contributed by atoms with Crippen molar-refractivity contribution in [3.8, 4) is 0 Å². The number of hydrogen-bond donors (Lipinski definition) is 2. The number of carboxylic acids is 1. The van der Waals surface area contributed by atoms with E-state index in [4.69, 9.17) is 4.74 Å². The van der Waals surface area contributed by atoms with Crippen molar-refractivity contribution in [2.75, 3.05) is 0 Å². The molecule has 0 bridgehead atoms. The van der Waals surface area contributed by atoms with Gasteiger partial charge in [-0.05, 0) is 33.6 Å². The van der Waals surface area contributed by atoms with Gasteiger partial charge in [0.05, 0.1) is 0 Å². The van der Waals surface area contributed by atoms with Gasteiger partial charge in [-0.3, -0.25) is 0 Å². The first-order valence-corrected chi connectivity index (χ1v) is 5.91. The maximum Gasteiger partial charge on any atom is 0.408 e. The molecule has 0 aliphatic rings. The van der Waals surface area contributed by atoms with Crippen LogP contribution in [0.5, 0.6) is 0 Å². The second-order valence-electron chi connectivity index (χ2n) is 5.12. The molecule has 1 unspecified atom stereocenters. The fourth-order valence-corrected chi connectivity index (χ4v) is 1.57. The molecule has 5 heteroatoms. The molecule has 0 aliphatic heterocycles. The maximum atomic E-state index is 11.6. The molecule has 0 aliphatic carbocycles. The summed E-state index contributed by atoms with van der Waals surface area (Å²) in [6.07, 6.45) is 0.707. The van der Waals surface area contributed by atoms with E-state index in [0.29, 0.717) is 19.3 Å². The van der Waals surface area contributed by atoms with Gasteiger partial charge in [0.25, 0.3) is 0 Å². The van der Waals surface area contributed by atoms with Gasteiger partial charge in [0.1, 0.15) is 11.1 Å². The number of rotatable bonds is 5. The number of carbonyl (C=O) groups is 2. The van der Waals surface area contributed by atoms with Crippen LogP contribution in [0.15, 0.2) is 0 Å². The molecule has 0 spiro atoms. The van der Waals surface area contributed by atoms with Gasteiger partial charge >= 0.3 is 12.1 Å². The third kappa shape index (κ3) is 5.06. The monoisotopic (exact) mass is 245 g/mol. The van der Waals surface area contributed by atoms with Crippen LogP contribution in [-0.4, -0.2) is 28.3 Å². The van der Waals surface area contributed by atoms with E-state index in [-0.39, 0.29) is 0 Å². The molecule has 0 fully saturated rings. The first-order valence-electron chi connectivity index (χ1n) is 5.91. The number of nitrogens with one attached hydrogen (secondary N) is 1. The number of carboxylic acid groups (broad SMARTS) is 1. The zero-order valence-corrected chi connectivity index (χ0v) is 11.3. The van der Waals surface area contributed by atoms with Crippen LogP contribution in [-0.2, 0) is 9.53 Å². The predicted octanol–water partition coefficient (Wildman–Crippen LogP) is 2.54. The third-order valence-electron chi connectivity index (χ3n) is 2.43. The number of ether oxygens (including phenoxy) is 1. The van der Waals surface area contributed by atoms with Crippen LogP contribution in [0.4, 0.5) is 4.79 Å². The van der Waals surface area contributed by atoms with E-state index < -0.39 is 23.2 Å². The zero-order chi connectivity index (χ0) is 13.7. The van der Waals surface area contributed by atoms with Crippen molar-refractivity contribution in [1.29, 1.82) is 0 Å². The third-order valence-corrected chi connectivity index (χ3v) is 2.43. The van der Waals surface area contributed by atoms with E-state index >= 15 is 0 Å². The lowest BCUT2D eigenvalue weighted by Gasteiger charge is -2.30. The highest BCUT2D eigenvalue weighted by Gasteiger charge is 2.38. The Morgan fingerprint density at radius 1 is 1.24 bits per heavy atom. The van der Waals surface area contributed by atoms with E-state index in [9.17, 15) is 14.7 Å². The summed E-state index contributed by atoms with van der Waals surface area (Å²) >= 11 is 0. The van der Waals surface area contributed by atoms with E-state index in [1.54, 1.807) is 27.7 Å². The summed E-state index contributed by atoms with van der Waals surface area (Å²) < 4.78 is 5.08. The maximum absolute atomic E-state index is 11.6. The summed E-state index contributed by atoms with van der Waals surface area (Å²) in [6, 6.07) is 0. The van der Waals surface area contributed by atoms with Crippen molar-refractivity contribution in [2.45, 2.75) is 65.0 Å². The molecule has 0 aromatic heterocycles. The first-order chi connectivity index (χ1) is 7.67. The Labute approximate surface area is 103 Å².